The molecule has 0 aliphatic rings. The van der Waals surface area contributed by atoms with Crippen LogP contribution >= 0.6 is 23.2 Å². The van der Waals surface area contributed by atoms with E-state index in [1.807, 2.05) is 0 Å². The Hall–Kier alpha value is -1.32. The van der Waals surface area contributed by atoms with Crippen molar-refractivity contribution in [2.75, 3.05) is 7.11 Å². The van der Waals surface area contributed by atoms with Gasteiger partial charge in [-0.25, -0.2) is 0 Å². The summed E-state index contributed by atoms with van der Waals surface area (Å²) in [6.45, 7) is 0. The number of ether oxygens (including phenoxy) is 1. The molecule has 0 fully saturated rings. The van der Waals surface area contributed by atoms with Crippen LogP contribution in [0.3, 0.4) is 0 Å². The summed E-state index contributed by atoms with van der Waals surface area (Å²) >= 11 is 12.0. The van der Waals surface area contributed by atoms with Crippen molar-refractivity contribution in [3.8, 4) is 17.0 Å². The van der Waals surface area contributed by atoms with Gasteiger partial charge in [-0.05, 0) is 18.2 Å². The third-order valence-electron chi connectivity index (χ3n) is 2.26. The Morgan fingerprint density at radius 2 is 1.76 bits per heavy atom. The molecule has 2 nitrogen and oxygen atoms in total. The SMILES string of the molecule is COc1ccc(-c2c(Cl)cccc2Cl)c(F)n1. The van der Waals surface area contributed by atoms with Gasteiger partial charge in [0.1, 0.15) is 0 Å². The number of hydrogen-bond donors (Lipinski definition) is 0. The number of methoxy groups -OCH3 is 1. The molecule has 0 atom stereocenters. The highest BCUT2D eigenvalue weighted by Crippen LogP contribution is 2.35. The standard InChI is InChI=1S/C12H8Cl2FNO/c1-17-10-6-5-7(12(15)16-10)11-8(13)3-2-4-9(11)14/h2-6H,1H3. The summed E-state index contributed by atoms with van der Waals surface area (Å²) in [5.74, 6) is -0.464. The molecule has 0 unspecified atom stereocenters. The number of pyridine rings is 1. The molecule has 0 spiro atoms. The Morgan fingerprint density at radius 1 is 1.12 bits per heavy atom. The maximum atomic E-state index is 13.8. The van der Waals surface area contributed by atoms with E-state index in [1.54, 1.807) is 24.3 Å². The van der Waals surface area contributed by atoms with Gasteiger partial charge in [-0.3, -0.25) is 0 Å². The first-order valence-electron chi connectivity index (χ1n) is 4.78. The Balaban J connectivity index is 2.61. The van der Waals surface area contributed by atoms with Crippen molar-refractivity contribution in [3.63, 3.8) is 0 Å². The first kappa shape index (κ1) is 12.1. The van der Waals surface area contributed by atoms with Crippen LogP contribution < -0.4 is 4.74 Å². The number of nitrogens with zero attached hydrogens (tertiary/aromatic N) is 1. The largest absolute Gasteiger partial charge is 0.481 e. The van der Waals surface area contributed by atoms with E-state index >= 15 is 0 Å². The van der Waals surface area contributed by atoms with Crippen LogP contribution in [0, 0.1) is 5.95 Å². The molecule has 0 aliphatic heterocycles. The van der Waals surface area contributed by atoms with E-state index in [-0.39, 0.29) is 11.4 Å². The average molecular weight is 272 g/mol. The van der Waals surface area contributed by atoms with Crippen molar-refractivity contribution in [1.29, 1.82) is 0 Å². The molecule has 0 saturated heterocycles. The number of halogens is 3. The van der Waals surface area contributed by atoms with Gasteiger partial charge in [0.25, 0.3) is 0 Å². The molecule has 17 heavy (non-hydrogen) atoms. The second-order valence-corrected chi connectivity index (χ2v) is 4.10. The van der Waals surface area contributed by atoms with Gasteiger partial charge in [0.05, 0.1) is 17.2 Å². The molecular formula is C12H8Cl2FNO. The summed E-state index contributed by atoms with van der Waals surface area (Å²) in [6.07, 6.45) is 0. The third kappa shape index (κ3) is 2.35. The highest BCUT2D eigenvalue weighted by atomic mass is 35.5. The van der Waals surface area contributed by atoms with Crippen molar-refractivity contribution in [1.82, 2.24) is 4.98 Å². The first-order valence-corrected chi connectivity index (χ1v) is 5.54. The molecule has 0 radical (unpaired) electrons. The number of aromatic nitrogens is 1. The Morgan fingerprint density at radius 3 is 2.29 bits per heavy atom. The van der Waals surface area contributed by atoms with E-state index in [0.29, 0.717) is 15.6 Å². The van der Waals surface area contributed by atoms with Gasteiger partial charge in [0.15, 0.2) is 0 Å². The highest BCUT2D eigenvalue weighted by molar-refractivity contribution is 6.39. The van der Waals surface area contributed by atoms with Crippen LogP contribution in [0.1, 0.15) is 0 Å². The molecule has 88 valence electrons. The van der Waals surface area contributed by atoms with E-state index in [2.05, 4.69) is 4.98 Å². The predicted molar refractivity (Wildman–Crippen MR) is 66.2 cm³/mol. The average Bonchev–Trinajstić information content (AvgIpc) is 2.30. The molecule has 1 aromatic heterocycles. The topological polar surface area (TPSA) is 22.1 Å². The van der Waals surface area contributed by atoms with Crippen molar-refractivity contribution in [2.45, 2.75) is 0 Å². The zero-order valence-corrected chi connectivity index (χ0v) is 10.4. The van der Waals surface area contributed by atoms with Gasteiger partial charge in [-0.2, -0.15) is 9.37 Å². The summed E-state index contributed by atoms with van der Waals surface area (Å²) in [5.41, 5.74) is 0.685. The summed E-state index contributed by atoms with van der Waals surface area (Å²) in [4.78, 5) is 3.64. The van der Waals surface area contributed by atoms with Crippen LogP contribution in [0.5, 0.6) is 5.88 Å². The lowest BCUT2D eigenvalue weighted by Gasteiger charge is -2.08. The lowest BCUT2D eigenvalue weighted by molar-refractivity contribution is 0.388. The minimum Gasteiger partial charge on any atom is -0.481 e. The number of benzene rings is 1. The van der Waals surface area contributed by atoms with E-state index in [1.165, 1.54) is 13.2 Å². The van der Waals surface area contributed by atoms with Crippen molar-refractivity contribution in [2.24, 2.45) is 0 Å². The van der Waals surface area contributed by atoms with Gasteiger partial charge in [0.2, 0.25) is 11.8 Å². The predicted octanol–water partition coefficient (Wildman–Crippen LogP) is 4.20. The van der Waals surface area contributed by atoms with Crippen LogP contribution in [-0.4, -0.2) is 12.1 Å². The third-order valence-corrected chi connectivity index (χ3v) is 2.89. The van der Waals surface area contributed by atoms with Crippen LogP contribution in [0.2, 0.25) is 10.0 Å². The van der Waals surface area contributed by atoms with Crippen molar-refractivity contribution >= 4 is 23.2 Å². The van der Waals surface area contributed by atoms with E-state index in [9.17, 15) is 4.39 Å². The molecule has 1 aromatic carbocycles. The van der Waals surface area contributed by atoms with Gasteiger partial charge in [-0.1, -0.05) is 29.3 Å². The molecule has 0 aliphatic carbocycles. The summed E-state index contributed by atoms with van der Waals surface area (Å²) in [6, 6.07) is 8.08. The molecule has 5 heteroatoms. The first-order chi connectivity index (χ1) is 8.13. The minimum absolute atomic E-state index is 0.203. The Bertz CT molecular complexity index is 540. The molecule has 1 heterocycles. The fraction of sp³-hybridized carbons (Fsp3) is 0.0833. The molecule has 2 rings (SSSR count). The summed E-state index contributed by atoms with van der Waals surface area (Å²) < 4.78 is 18.6. The second-order valence-electron chi connectivity index (χ2n) is 3.29. The maximum absolute atomic E-state index is 13.8. The van der Waals surface area contributed by atoms with E-state index in [4.69, 9.17) is 27.9 Å². The monoisotopic (exact) mass is 271 g/mol. The number of hydrogen-bond acceptors (Lipinski definition) is 2. The van der Waals surface area contributed by atoms with E-state index < -0.39 is 5.95 Å². The summed E-state index contributed by atoms with van der Waals surface area (Å²) in [7, 11) is 1.42. The van der Waals surface area contributed by atoms with Crippen molar-refractivity contribution < 1.29 is 9.13 Å². The van der Waals surface area contributed by atoms with Gasteiger partial charge < -0.3 is 4.74 Å². The Kier molecular flexibility index (Phi) is 3.50. The van der Waals surface area contributed by atoms with Gasteiger partial charge in [-0.15, -0.1) is 0 Å². The molecule has 0 amide bonds. The molecule has 2 aromatic rings. The normalized spacial score (nSPS) is 10.4. The smallest absolute Gasteiger partial charge is 0.224 e. The van der Waals surface area contributed by atoms with Gasteiger partial charge in [0, 0.05) is 17.2 Å². The molecular weight excluding hydrogens is 264 g/mol. The second kappa shape index (κ2) is 4.90. The van der Waals surface area contributed by atoms with Gasteiger partial charge >= 0.3 is 0 Å². The van der Waals surface area contributed by atoms with Crippen LogP contribution in [0.25, 0.3) is 11.1 Å². The Labute approximate surface area is 108 Å². The zero-order valence-electron chi connectivity index (χ0n) is 8.88. The molecule has 0 bridgehead atoms. The maximum Gasteiger partial charge on any atom is 0.224 e. The van der Waals surface area contributed by atoms with Crippen LogP contribution in [-0.2, 0) is 0 Å². The summed E-state index contributed by atoms with van der Waals surface area (Å²) in [5, 5.41) is 0.756. The number of rotatable bonds is 2. The van der Waals surface area contributed by atoms with Crippen LogP contribution in [0.15, 0.2) is 30.3 Å². The zero-order chi connectivity index (χ0) is 12.4. The fourth-order valence-electron chi connectivity index (χ4n) is 1.47. The molecule has 0 N–H and O–H groups in total. The van der Waals surface area contributed by atoms with E-state index in [0.717, 1.165) is 0 Å². The lowest BCUT2D eigenvalue weighted by atomic mass is 10.1. The van der Waals surface area contributed by atoms with Crippen LogP contribution in [0.4, 0.5) is 4.39 Å². The minimum atomic E-state index is -0.667. The fourth-order valence-corrected chi connectivity index (χ4v) is 2.07. The quantitative estimate of drug-likeness (QED) is 0.764. The highest BCUT2D eigenvalue weighted by Gasteiger charge is 2.14. The lowest BCUT2D eigenvalue weighted by Crippen LogP contribution is -1.94. The van der Waals surface area contributed by atoms with Crippen molar-refractivity contribution in [3.05, 3.63) is 46.3 Å². The molecule has 0 saturated carbocycles.